The van der Waals surface area contributed by atoms with E-state index in [0.29, 0.717) is 19.6 Å². The minimum atomic E-state index is -0.372. The highest BCUT2D eigenvalue weighted by Crippen LogP contribution is 2.59. The maximum atomic E-state index is 12.7. The number of rotatable bonds is 11. The van der Waals surface area contributed by atoms with Gasteiger partial charge in [-0.3, -0.25) is 0 Å². The standard InChI is InChI=1S/C29H41NO6/c1-20(2)7-13-24-28(3,36-24)27-26(32-6)23(15-16-29(27)19-34-29)35-25(31)14-10-21-8-11-22(12-9-21)33-18-17-30(4)5/h7-12,14,23-24,26-27H,13,15-19H2,1-6H3. The normalized spacial score (nSPS) is 33.1. The Balaban J connectivity index is 1.36. The Kier molecular flexibility index (Phi) is 8.25. The summed E-state index contributed by atoms with van der Waals surface area (Å²) in [5.74, 6) is 0.450. The van der Waals surface area contributed by atoms with Gasteiger partial charge in [0.2, 0.25) is 0 Å². The zero-order valence-corrected chi connectivity index (χ0v) is 22.5. The molecule has 1 aliphatic carbocycles. The summed E-state index contributed by atoms with van der Waals surface area (Å²) in [6.45, 7) is 8.54. The van der Waals surface area contributed by atoms with Gasteiger partial charge in [-0.1, -0.05) is 23.8 Å². The first-order valence-electron chi connectivity index (χ1n) is 12.9. The molecule has 3 aliphatic rings. The lowest BCUT2D eigenvalue weighted by Gasteiger charge is -2.42. The second kappa shape index (κ2) is 11.1. The van der Waals surface area contributed by atoms with Crippen LogP contribution in [0.4, 0.5) is 0 Å². The lowest BCUT2D eigenvalue weighted by Crippen LogP contribution is -2.55. The number of benzene rings is 1. The van der Waals surface area contributed by atoms with E-state index in [1.807, 2.05) is 38.4 Å². The number of carbonyl (C=O) groups excluding carboxylic acids is 1. The number of esters is 1. The number of carbonyl (C=O) groups is 1. The summed E-state index contributed by atoms with van der Waals surface area (Å²) in [6, 6.07) is 7.67. The second-order valence-corrected chi connectivity index (χ2v) is 10.9. The number of allylic oxidation sites excluding steroid dienone is 1. The molecule has 0 aromatic heterocycles. The van der Waals surface area contributed by atoms with Crippen molar-refractivity contribution < 1.29 is 28.5 Å². The van der Waals surface area contributed by atoms with Gasteiger partial charge in [0.1, 0.15) is 35.8 Å². The molecule has 198 valence electrons. The number of hydrogen-bond acceptors (Lipinski definition) is 7. The minimum absolute atomic E-state index is 0.0149. The molecule has 2 heterocycles. The van der Waals surface area contributed by atoms with E-state index in [0.717, 1.165) is 30.7 Å². The largest absolute Gasteiger partial charge is 0.492 e. The number of nitrogens with zero attached hydrogens (tertiary/aromatic N) is 1. The van der Waals surface area contributed by atoms with Crippen molar-refractivity contribution in [3.05, 3.63) is 47.6 Å². The molecular weight excluding hydrogens is 458 g/mol. The van der Waals surface area contributed by atoms with Crippen LogP contribution >= 0.6 is 0 Å². The molecule has 36 heavy (non-hydrogen) atoms. The van der Waals surface area contributed by atoms with Gasteiger partial charge in [0.25, 0.3) is 0 Å². The first-order valence-corrected chi connectivity index (χ1v) is 12.9. The molecule has 3 fully saturated rings. The average Bonchev–Trinajstić information content (AvgIpc) is 3.75. The fraction of sp³-hybridized carbons (Fsp3) is 0.621. The molecule has 6 atom stereocenters. The van der Waals surface area contributed by atoms with Gasteiger partial charge in [-0.15, -0.1) is 0 Å². The van der Waals surface area contributed by atoms with E-state index in [1.54, 1.807) is 13.2 Å². The van der Waals surface area contributed by atoms with Crippen LogP contribution in [-0.2, 0) is 23.7 Å². The molecule has 1 aromatic rings. The molecular formula is C29H41NO6. The summed E-state index contributed by atoms with van der Waals surface area (Å²) < 4.78 is 29.8. The Hall–Kier alpha value is -2.19. The fourth-order valence-electron chi connectivity index (χ4n) is 5.44. The van der Waals surface area contributed by atoms with Crippen molar-refractivity contribution in [2.75, 3.05) is 41.0 Å². The summed E-state index contributed by atoms with van der Waals surface area (Å²) in [5, 5.41) is 0. The van der Waals surface area contributed by atoms with Crippen LogP contribution in [0.2, 0.25) is 0 Å². The average molecular weight is 500 g/mol. The maximum Gasteiger partial charge on any atom is 0.331 e. The summed E-state index contributed by atoms with van der Waals surface area (Å²) in [5.41, 5.74) is 1.61. The minimum Gasteiger partial charge on any atom is -0.492 e. The summed E-state index contributed by atoms with van der Waals surface area (Å²) >= 11 is 0. The molecule has 0 radical (unpaired) electrons. The Labute approximate surface area is 215 Å². The summed E-state index contributed by atoms with van der Waals surface area (Å²) in [6.07, 6.45) is 7.38. The highest BCUT2D eigenvalue weighted by atomic mass is 16.6. The maximum absolute atomic E-state index is 12.7. The van der Waals surface area contributed by atoms with Crippen molar-refractivity contribution in [2.45, 2.75) is 69.5 Å². The van der Waals surface area contributed by atoms with Crippen LogP contribution in [0.5, 0.6) is 5.75 Å². The van der Waals surface area contributed by atoms with E-state index in [-0.39, 0.29) is 41.4 Å². The quantitative estimate of drug-likeness (QED) is 0.195. The monoisotopic (exact) mass is 499 g/mol. The van der Waals surface area contributed by atoms with E-state index < -0.39 is 0 Å². The third kappa shape index (κ3) is 6.20. The predicted molar refractivity (Wildman–Crippen MR) is 139 cm³/mol. The van der Waals surface area contributed by atoms with Crippen molar-refractivity contribution in [2.24, 2.45) is 5.92 Å². The molecule has 1 saturated carbocycles. The lowest BCUT2D eigenvalue weighted by atomic mass is 9.68. The van der Waals surface area contributed by atoms with Crippen LogP contribution < -0.4 is 4.74 Å². The topological polar surface area (TPSA) is 73.1 Å². The number of methoxy groups -OCH3 is 1. The fourth-order valence-corrected chi connectivity index (χ4v) is 5.44. The van der Waals surface area contributed by atoms with Gasteiger partial charge < -0.3 is 28.6 Å². The van der Waals surface area contributed by atoms with E-state index in [9.17, 15) is 4.79 Å². The van der Waals surface area contributed by atoms with Crippen LogP contribution in [0.3, 0.4) is 0 Å². The summed E-state index contributed by atoms with van der Waals surface area (Å²) in [4.78, 5) is 14.8. The van der Waals surface area contributed by atoms with E-state index in [1.165, 1.54) is 11.6 Å². The lowest BCUT2D eigenvalue weighted by molar-refractivity contribution is -0.166. The van der Waals surface area contributed by atoms with Crippen molar-refractivity contribution in [3.63, 3.8) is 0 Å². The predicted octanol–water partition coefficient (Wildman–Crippen LogP) is 4.26. The van der Waals surface area contributed by atoms with Gasteiger partial charge in [-0.25, -0.2) is 4.79 Å². The highest BCUT2D eigenvalue weighted by molar-refractivity contribution is 5.87. The Morgan fingerprint density at radius 3 is 2.56 bits per heavy atom. The molecule has 0 bridgehead atoms. The molecule has 2 aliphatic heterocycles. The zero-order valence-electron chi connectivity index (χ0n) is 22.5. The molecule has 1 spiro atoms. The number of ether oxygens (including phenoxy) is 5. The van der Waals surface area contributed by atoms with Crippen LogP contribution in [-0.4, -0.2) is 81.3 Å². The third-order valence-electron chi connectivity index (χ3n) is 7.60. The summed E-state index contributed by atoms with van der Waals surface area (Å²) in [7, 11) is 5.72. The molecule has 4 rings (SSSR count). The Bertz CT molecular complexity index is 962. The van der Waals surface area contributed by atoms with Gasteiger partial charge in [-0.05, 0) is 77.9 Å². The molecule has 0 N–H and O–H groups in total. The highest BCUT2D eigenvalue weighted by Gasteiger charge is 2.72. The van der Waals surface area contributed by atoms with Crippen molar-refractivity contribution >= 4 is 12.0 Å². The second-order valence-electron chi connectivity index (χ2n) is 10.9. The number of epoxide rings is 2. The SMILES string of the molecule is COC1C(OC(=O)C=Cc2ccc(OCCN(C)C)cc2)CCC2(CO2)C1C1(C)OC1CC=C(C)C. The number of likely N-dealkylation sites (N-methyl/N-ethyl adjacent to an activating group) is 1. The molecule has 6 unspecified atom stereocenters. The smallest absolute Gasteiger partial charge is 0.331 e. The Morgan fingerprint density at radius 2 is 1.94 bits per heavy atom. The molecule has 7 nitrogen and oxygen atoms in total. The Morgan fingerprint density at radius 1 is 1.22 bits per heavy atom. The van der Waals surface area contributed by atoms with E-state index in [4.69, 9.17) is 23.7 Å². The van der Waals surface area contributed by atoms with Crippen LogP contribution in [0, 0.1) is 5.92 Å². The number of hydrogen-bond donors (Lipinski definition) is 0. The first kappa shape index (κ1) is 26.9. The van der Waals surface area contributed by atoms with E-state index >= 15 is 0 Å². The van der Waals surface area contributed by atoms with Crippen LogP contribution in [0.15, 0.2) is 42.0 Å². The van der Waals surface area contributed by atoms with Crippen molar-refractivity contribution in [1.82, 2.24) is 4.90 Å². The van der Waals surface area contributed by atoms with Gasteiger partial charge in [0.05, 0.1) is 18.6 Å². The third-order valence-corrected chi connectivity index (χ3v) is 7.60. The van der Waals surface area contributed by atoms with Gasteiger partial charge >= 0.3 is 5.97 Å². The molecule has 2 saturated heterocycles. The molecule has 0 amide bonds. The van der Waals surface area contributed by atoms with Crippen LogP contribution in [0.1, 0.15) is 45.6 Å². The van der Waals surface area contributed by atoms with Crippen molar-refractivity contribution in [3.8, 4) is 5.75 Å². The van der Waals surface area contributed by atoms with Crippen molar-refractivity contribution in [1.29, 1.82) is 0 Å². The van der Waals surface area contributed by atoms with Gasteiger partial charge in [0, 0.05) is 19.7 Å². The molecule has 7 heteroatoms. The molecule has 1 aromatic carbocycles. The van der Waals surface area contributed by atoms with Gasteiger partial charge in [0.15, 0.2) is 0 Å². The zero-order chi connectivity index (χ0) is 25.9. The van der Waals surface area contributed by atoms with Crippen LogP contribution in [0.25, 0.3) is 6.08 Å². The first-order chi connectivity index (χ1) is 17.2. The van der Waals surface area contributed by atoms with E-state index in [2.05, 4.69) is 31.7 Å². The van der Waals surface area contributed by atoms with Gasteiger partial charge in [-0.2, -0.15) is 0 Å².